The van der Waals surface area contributed by atoms with E-state index in [9.17, 15) is 43.2 Å². The number of aliphatic hydroxyl groups excluding tert-OH is 1. The summed E-state index contributed by atoms with van der Waals surface area (Å²) in [7, 11) is -9.91. The molecule has 0 saturated carbocycles. The molecule has 17 nitrogen and oxygen atoms in total. The SMILES string of the molecule is CCC(C)CCCCCCCCCCCCC(=O)O[C@H](COC(=O)CCCCCCCCC(C)C)COP(=O)(O)OC[C@H](O)COP(=O)(O)OC[C@@H](COC(=O)CCCCCCCCCCC(C)C)OC(=O)CCCCCCCCCCCCCCCCCC(C)C. The van der Waals surface area contributed by atoms with Crippen LogP contribution in [0.4, 0.5) is 0 Å². The van der Waals surface area contributed by atoms with Gasteiger partial charge in [-0.1, -0.05) is 312 Å². The number of hydrogen-bond donors (Lipinski definition) is 3. The van der Waals surface area contributed by atoms with Crippen molar-refractivity contribution >= 4 is 39.5 Å². The Kier molecular flexibility index (Phi) is 61.3. The molecule has 546 valence electrons. The summed E-state index contributed by atoms with van der Waals surface area (Å²) in [4.78, 5) is 72.6. The highest BCUT2D eigenvalue weighted by atomic mass is 31.2. The highest BCUT2D eigenvalue weighted by molar-refractivity contribution is 7.47. The topological polar surface area (TPSA) is 237 Å². The number of carbonyl (C=O) groups is 4. The third-order valence-corrected chi connectivity index (χ3v) is 19.1. The molecule has 0 aliphatic carbocycles. The van der Waals surface area contributed by atoms with Crippen LogP contribution in [0.25, 0.3) is 0 Å². The van der Waals surface area contributed by atoms with Gasteiger partial charge in [0.05, 0.1) is 26.4 Å². The van der Waals surface area contributed by atoms with Gasteiger partial charge in [-0.2, -0.15) is 0 Å². The first-order chi connectivity index (χ1) is 44.1. The number of carbonyl (C=O) groups excluding carboxylic acids is 4. The van der Waals surface area contributed by atoms with Crippen LogP contribution in [0, 0.1) is 23.7 Å². The number of phosphoric acid groups is 2. The van der Waals surface area contributed by atoms with Crippen LogP contribution < -0.4 is 0 Å². The van der Waals surface area contributed by atoms with Crippen molar-refractivity contribution in [1.82, 2.24) is 0 Å². The fourth-order valence-electron chi connectivity index (χ4n) is 11.0. The molecular formula is C73H142O17P2. The summed E-state index contributed by atoms with van der Waals surface area (Å²) in [5, 5.41) is 10.6. The van der Waals surface area contributed by atoms with E-state index in [0.717, 1.165) is 114 Å². The first kappa shape index (κ1) is 90.1. The van der Waals surface area contributed by atoms with Gasteiger partial charge in [0.15, 0.2) is 12.2 Å². The number of aliphatic hydroxyl groups is 1. The van der Waals surface area contributed by atoms with E-state index in [0.29, 0.717) is 31.6 Å². The molecule has 0 aliphatic heterocycles. The van der Waals surface area contributed by atoms with E-state index in [2.05, 4.69) is 55.4 Å². The zero-order valence-electron chi connectivity index (χ0n) is 60.2. The Labute approximate surface area is 562 Å². The first-order valence-electron chi connectivity index (χ1n) is 37.7. The van der Waals surface area contributed by atoms with Crippen LogP contribution in [0.1, 0.15) is 364 Å². The fraction of sp³-hybridized carbons (Fsp3) is 0.945. The Hall–Kier alpha value is -1.94. The van der Waals surface area contributed by atoms with Crippen molar-refractivity contribution in [3.8, 4) is 0 Å². The zero-order chi connectivity index (χ0) is 68.2. The van der Waals surface area contributed by atoms with Crippen LogP contribution in [-0.4, -0.2) is 96.7 Å². The Morgan fingerprint density at radius 1 is 0.304 bits per heavy atom. The molecule has 3 unspecified atom stereocenters. The minimum atomic E-state index is -4.95. The van der Waals surface area contributed by atoms with Crippen LogP contribution in [-0.2, 0) is 65.4 Å². The van der Waals surface area contributed by atoms with Crippen LogP contribution in [0.5, 0.6) is 0 Å². The van der Waals surface area contributed by atoms with Gasteiger partial charge in [-0.3, -0.25) is 37.3 Å². The number of unbranched alkanes of at least 4 members (excludes halogenated alkanes) is 35. The predicted molar refractivity (Wildman–Crippen MR) is 372 cm³/mol. The summed E-state index contributed by atoms with van der Waals surface area (Å²) in [6.07, 6.45) is 45.9. The third kappa shape index (κ3) is 65.4. The van der Waals surface area contributed by atoms with E-state index in [1.807, 2.05) is 0 Å². The number of phosphoric ester groups is 2. The van der Waals surface area contributed by atoms with Crippen molar-refractivity contribution in [3.05, 3.63) is 0 Å². The van der Waals surface area contributed by atoms with E-state index in [1.54, 1.807) is 0 Å². The molecule has 0 aromatic rings. The van der Waals surface area contributed by atoms with Gasteiger partial charge in [0.25, 0.3) is 0 Å². The second-order valence-corrected chi connectivity index (χ2v) is 30.9. The van der Waals surface area contributed by atoms with E-state index in [4.69, 9.17) is 37.0 Å². The van der Waals surface area contributed by atoms with Gasteiger partial charge < -0.3 is 33.8 Å². The average Bonchev–Trinajstić information content (AvgIpc) is 2.62. The molecule has 0 rings (SSSR count). The lowest BCUT2D eigenvalue weighted by Crippen LogP contribution is -2.30. The summed E-state index contributed by atoms with van der Waals surface area (Å²) in [6, 6.07) is 0. The standard InChI is InChI=1S/C73H142O17P2/c1-9-66(8)52-44-36-27-20-17-18-22-30-40-48-56-73(78)90-69(60-84-71(76)54-46-38-32-31-35-43-51-65(6)7)62-88-92(81,82)86-58-67(74)57-85-91(79,80)87-61-68(59-83-70(75)53-45-37-28-24-23-26-34-42-50-64(4)5)89-72(77)55-47-39-29-21-16-14-12-10-11-13-15-19-25-33-41-49-63(2)3/h63-69,74H,9-62H2,1-8H3,(H,79,80)(H,81,82)/t66?,67-,68-,69-/m1/s1. The molecular weight excluding hydrogens is 1210 g/mol. The minimum Gasteiger partial charge on any atom is -0.462 e. The van der Waals surface area contributed by atoms with E-state index >= 15 is 0 Å². The Morgan fingerprint density at radius 2 is 0.522 bits per heavy atom. The molecule has 0 bridgehead atoms. The van der Waals surface area contributed by atoms with Crippen molar-refractivity contribution in [3.63, 3.8) is 0 Å². The fourth-order valence-corrected chi connectivity index (χ4v) is 12.6. The Balaban J connectivity index is 5.22. The van der Waals surface area contributed by atoms with Crippen LogP contribution in [0.15, 0.2) is 0 Å². The number of esters is 4. The predicted octanol–water partition coefficient (Wildman–Crippen LogP) is 20.9. The highest BCUT2D eigenvalue weighted by Gasteiger charge is 2.30. The van der Waals surface area contributed by atoms with Gasteiger partial charge in [-0.25, -0.2) is 9.13 Å². The lowest BCUT2D eigenvalue weighted by atomic mass is 9.99. The van der Waals surface area contributed by atoms with Gasteiger partial charge in [0.2, 0.25) is 0 Å². The van der Waals surface area contributed by atoms with Crippen molar-refractivity contribution in [2.24, 2.45) is 23.7 Å². The lowest BCUT2D eigenvalue weighted by Gasteiger charge is -2.21. The van der Waals surface area contributed by atoms with Crippen molar-refractivity contribution in [2.75, 3.05) is 39.6 Å². The molecule has 0 amide bonds. The average molecular weight is 1350 g/mol. The molecule has 0 aromatic carbocycles. The molecule has 0 saturated heterocycles. The van der Waals surface area contributed by atoms with Crippen molar-refractivity contribution < 1.29 is 80.2 Å². The van der Waals surface area contributed by atoms with Crippen LogP contribution in [0.3, 0.4) is 0 Å². The summed E-state index contributed by atoms with van der Waals surface area (Å²) in [6.45, 7) is 14.1. The van der Waals surface area contributed by atoms with Gasteiger partial charge in [-0.05, 0) is 49.4 Å². The molecule has 0 aromatic heterocycles. The summed E-state index contributed by atoms with van der Waals surface area (Å²) < 4.78 is 68.4. The maximum atomic E-state index is 13.0. The molecule has 0 radical (unpaired) electrons. The van der Waals surface area contributed by atoms with Crippen molar-refractivity contribution in [1.29, 1.82) is 0 Å². The van der Waals surface area contributed by atoms with E-state index in [-0.39, 0.29) is 25.7 Å². The quantitative estimate of drug-likeness (QED) is 0.0222. The number of ether oxygens (including phenoxy) is 4. The zero-order valence-corrected chi connectivity index (χ0v) is 62.0. The number of hydrogen-bond acceptors (Lipinski definition) is 15. The molecule has 19 heteroatoms. The molecule has 0 fully saturated rings. The van der Waals surface area contributed by atoms with Crippen molar-refractivity contribution in [2.45, 2.75) is 382 Å². The summed E-state index contributed by atoms with van der Waals surface area (Å²) in [5.74, 6) is 0.884. The summed E-state index contributed by atoms with van der Waals surface area (Å²) >= 11 is 0. The lowest BCUT2D eigenvalue weighted by molar-refractivity contribution is -0.161. The van der Waals surface area contributed by atoms with Gasteiger partial charge in [-0.15, -0.1) is 0 Å². The highest BCUT2D eigenvalue weighted by Crippen LogP contribution is 2.45. The second kappa shape index (κ2) is 62.6. The van der Waals surface area contributed by atoms with Gasteiger partial charge in [0.1, 0.15) is 19.3 Å². The molecule has 0 heterocycles. The monoisotopic (exact) mass is 1350 g/mol. The summed E-state index contributed by atoms with van der Waals surface area (Å²) in [5.41, 5.74) is 0. The molecule has 6 atom stereocenters. The van der Waals surface area contributed by atoms with Gasteiger partial charge in [0, 0.05) is 25.7 Å². The maximum absolute atomic E-state index is 13.0. The molecule has 92 heavy (non-hydrogen) atoms. The molecule has 0 spiro atoms. The normalized spacial score (nSPS) is 14.5. The third-order valence-electron chi connectivity index (χ3n) is 17.2. The first-order valence-corrected chi connectivity index (χ1v) is 40.7. The maximum Gasteiger partial charge on any atom is 0.472 e. The largest absolute Gasteiger partial charge is 0.472 e. The Morgan fingerprint density at radius 3 is 0.772 bits per heavy atom. The van der Waals surface area contributed by atoms with Gasteiger partial charge >= 0.3 is 39.5 Å². The smallest absolute Gasteiger partial charge is 0.462 e. The Bertz CT molecular complexity index is 1820. The van der Waals surface area contributed by atoms with E-state index in [1.165, 1.54) is 161 Å². The second-order valence-electron chi connectivity index (χ2n) is 28.0. The number of rotatable bonds is 70. The van der Waals surface area contributed by atoms with Crippen LogP contribution >= 0.6 is 15.6 Å². The van der Waals surface area contributed by atoms with Crippen LogP contribution in [0.2, 0.25) is 0 Å². The van der Waals surface area contributed by atoms with E-state index < -0.39 is 97.5 Å². The molecule has 0 aliphatic rings. The molecule has 3 N–H and O–H groups in total. The minimum absolute atomic E-state index is 0.105.